The smallest absolute Gasteiger partial charge is 0.415 e. The van der Waals surface area contributed by atoms with Gasteiger partial charge in [0.2, 0.25) is 0 Å². The molecule has 1 amide bonds. The highest BCUT2D eigenvalue weighted by Crippen LogP contribution is 2.46. The minimum absolute atomic E-state index is 0.195. The van der Waals surface area contributed by atoms with Crippen LogP contribution in [-0.4, -0.2) is 18.2 Å². The van der Waals surface area contributed by atoms with Crippen molar-refractivity contribution in [3.63, 3.8) is 0 Å². The van der Waals surface area contributed by atoms with Crippen LogP contribution >= 0.6 is 0 Å². The van der Waals surface area contributed by atoms with Crippen LogP contribution in [-0.2, 0) is 4.74 Å². The van der Waals surface area contributed by atoms with E-state index in [0.717, 1.165) is 18.5 Å². The van der Waals surface area contributed by atoms with Crippen LogP contribution in [0.2, 0.25) is 0 Å². The van der Waals surface area contributed by atoms with Crippen LogP contribution in [0.3, 0.4) is 0 Å². The summed E-state index contributed by atoms with van der Waals surface area (Å²) in [5, 5.41) is 0. The zero-order chi connectivity index (χ0) is 10.5. The molecule has 1 aliphatic carbocycles. The van der Waals surface area contributed by atoms with E-state index in [1.165, 1.54) is 0 Å². The average molecular weight is 204 g/mol. The Morgan fingerprint density at radius 3 is 2.67 bits per heavy atom. The summed E-state index contributed by atoms with van der Waals surface area (Å²) in [6, 6.07) is 7.36. The van der Waals surface area contributed by atoms with Crippen molar-refractivity contribution in [3.05, 3.63) is 24.3 Å². The van der Waals surface area contributed by atoms with Crippen LogP contribution in [0.4, 0.5) is 16.2 Å². The van der Waals surface area contributed by atoms with Gasteiger partial charge < -0.3 is 10.5 Å². The second-order valence-electron chi connectivity index (χ2n) is 4.20. The monoisotopic (exact) mass is 204 g/mol. The number of hydrogen-bond acceptors (Lipinski definition) is 3. The minimum atomic E-state index is -0.273. The highest BCUT2D eigenvalue weighted by molar-refractivity contribution is 5.94. The molecule has 1 saturated carbocycles. The van der Waals surface area contributed by atoms with Crippen molar-refractivity contribution < 1.29 is 9.53 Å². The Bertz CT molecular complexity index is 426. The number of hydrogen-bond donors (Lipinski definition) is 1. The average Bonchev–Trinajstić information content (AvgIpc) is 2.87. The van der Waals surface area contributed by atoms with Gasteiger partial charge >= 0.3 is 6.09 Å². The first-order valence-corrected chi connectivity index (χ1v) is 5.05. The summed E-state index contributed by atoms with van der Waals surface area (Å²) < 4.78 is 5.31. The van der Waals surface area contributed by atoms with Gasteiger partial charge in [-0.05, 0) is 25.0 Å². The van der Waals surface area contributed by atoms with Gasteiger partial charge in [-0.15, -0.1) is 0 Å². The molecule has 4 nitrogen and oxygen atoms in total. The predicted octanol–water partition coefficient (Wildman–Crippen LogP) is 1.76. The molecule has 1 saturated heterocycles. The number of ether oxygens (including phenoxy) is 1. The molecule has 2 aliphatic rings. The van der Waals surface area contributed by atoms with Gasteiger partial charge in [0.15, 0.2) is 0 Å². The van der Waals surface area contributed by atoms with E-state index in [2.05, 4.69) is 0 Å². The first-order chi connectivity index (χ1) is 7.20. The van der Waals surface area contributed by atoms with Gasteiger partial charge in [-0.3, -0.25) is 4.90 Å². The molecule has 4 heteroatoms. The van der Waals surface area contributed by atoms with Gasteiger partial charge in [-0.2, -0.15) is 0 Å². The lowest BCUT2D eigenvalue weighted by Crippen LogP contribution is -2.25. The van der Waals surface area contributed by atoms with E-state index in [4.69, 9.17) is 10.5 Å². The third-order valence-electron chi connectivity index (χ3n) is 3.01. The maximum Gasteiger partial charge on any atom is 0.415 e. The van der Waals surface area contributed by atoms with Crippen molar-refractivity contribution in [2.75, 3.05) is 17.2 Å². The highest BCUT2D eigenvalue weighted by Gasteiger charge is 2.55. The predicted molar refractivity (Wildman–Crippen MR) is 56.6 cm³/mol. The first kappa shape index (κ1) is 8.59. The van der Waals surface area contributed by atoms with Gasteiger partial charge in [0, 0.05) is 0 Å². The number of para-hydroxylation sites is 2. The topological polar surface area (TPSA) is 55.6 Å². The third kappa shape index (κ3) is 1.25. The largest absolute Gasteiger partial charge is 0.441 e. The molecular weight excluding hydrogens is 192 g/mol. The molecule has 0 atom stereocenters. The quantitative estimate of drug-likeness (QED) is 0.709. The van der Waals surface area contributed by atoms with Gasteiger partial charge in [0.1, 0.15) is 5.60 Å². The van der Waals surface area contributed by atoms with Crippen molar-refractivity contribution in [2.45, 2.75) is 18.4 Å². The van der Waals surface area contributed by atoms with E-state index >= 15 is 0 Å². The molecule has 78 valence electrons. The SMILES string of the molecule is Nc1ccccc1N1CC2(CC2)OC1=O. The van der Waals surface area contributed by atoms with Gasteiger partial charge in [-0.1, -0.05) is 12.1 Å². The van der Waals surface area contributed by atoms with Crippen molar-refractivity contribution in [1.29, 1.82) is 0 Å². The molecule has 0 bridgehead atoms. The van der Waals surface area contributed by atoms with Crippen molar-refractivity contribution in [3.8, 4) is 0 Å². The number of benzene rings is 1. The minimum Gasteiger partial charge on any atom is -0.441 e. The molecule has 15 heavy (non-hydrogen) atoms. The van der Waals surface area contributed by atoms with Crippen LogP contribution < -0.4 is 10.6 Å². The summed E-state index contributed by atoms with van der Waals surface area (Å²) >= 11 is 0. The number of amides is 1. The normalized spacial score (nSPS) is 21.9. The third-order valence-corrected chi connectivity index (χ3v) is 3.01. The number of nitrogens with two attached hydrogens (primary N) is 1. The fraction of sp³-hybridized carbons (Fsp3) is 0.364. The number of carbonyl (C=O) groups excluding carboxylic acids is 1. The number of nitrogens with zero attached hydrogens (tertiary/aromatic N) is 1. The standard InChI is InChI=1S/C11H12N2O2/c12-8-3-1-2-4-9(8)13-7-11(5-6-11)15-10(13)14/h1-4H,5-7,12H2. The summed E-state index contributed by atoms with van der Waals surface area (Å²) in [6.07, 6.45) is 1.68. The van der Waals surface area contributed by atoms with Gasteiger partial charge in [-0.25, -0.2) is 4.79 Å². The fourth-order valence-electron chi connectivity index (χ4n) is 1.94. The van der Waals surface area contributed by atoms with Crippen LogP contribution in [0.25, 0.3) is 0 Å². The van der Waals surface area contributed by atoms with E-state index in [1.54, 1.807) is 11.0 Å². The van der Waals surface area contributed by atoms with E-state index in [1.807, 2.05) is 18.2 Å². The molecule has 1 spiro atoms. The summed E-state index contributed by atoms with van der Waals surface area (Å²) in [6.45, 7) is 0.639. The fourth-order valence-corrected chi connectivity index (χ4v) is 1.94. The van der Waals surface area contributed by atoms with Crippen LogP contribution in [0, 0.1) is 0 Å². The molecule has 1 aromatic rings. The molecule has 0 unspecified atom stereocenters. The molecule has 0 radical (unpaired) electrons. The Balaban J connectivity index is 1.95. The van der Waals surface area contributed by atoms with Crippen molar-refractivity contribution >= 4 is 17.5 Å². The maximum absolute atomic E-state index is 11.6. The zero-order valence-electron chi connectivity index (χ0n) is 8.27. The molecule has 1 aromatic carbocycles. The second kappa shape index (κ2) is 2.66. The lowest BCUT2D eigenvalue weighted by atomic mass is 10.2. The number of nitrogen functional groups attached to an aromatic ring is 1. The molecule has 0 aromatic heterocycles. The Morgan fingerprint density at radius 2 is 2.07 bits per heavy atom. The van der Waals surface area contributed by atoms with E-state index in [9.17, 15) is 4.79 Å². The zero-order valence-corrected chi connectivity index (χ0v) is 8.27. The highest BCUT2D eigenvalue weighted by atomic mass is 16.6. The maximum atomic E-state index is 11.6. The van der Waals surface area contributed by atoms with E-state index < -0.39 is 0 Å². The Hall–Kier alpha value is -1.71. The summed E-state index contributed by atoms with van der Waals surface area (Å²) in [7, 11) is 0. The first-order valence-electron chi connectivity index (χ1n) is 5.05. The number of carbonyl (C=O) groups is 1. The Morgan fingerprint density at radius 1 is 1.33 bits per heavy atom. The van der Waals surface area contributed by atoms with Crippen molar-refractivity contribution in [2.24, 2.45) is 0 Å². The Kier molecular flexibility index (Phi) is 1.52. The van der Waals surface area contributed by atoms with E-state index in [0.29, 0.717) is 12.2 Å². The summed E-state index contributed by atoms with van der Waals surface area (Å²) in [5.74, 6) is 0. The molecule has 2 fully saturated rings. The van der Waals surface area contributed by atoms with Crippen LogP contribution in [0.5, 0.6) is 0 Å². The molecule has 1 heterocycles. The second-order valence-corrected chi connectivity index (χ2v) is 4.20. The summed E-state index contributed by atoms with van der Waals surface area (Å²) in [5.41, 5.74) is 7.00. The molecular formula is C11H12N2O2. The van der Waals surface area contributed by atoms with Crippen LogP contribution in [0.1, 0.15) is 12.8 Å². The van der Waals surface area contributed by atoms with Gasteiger partial charge in [0.25, 0.3) is 0 Å². The Labute approximate surface area is 87.6 Å². The van der Waals surface area contributed by atoms with Gasteiger partial charge in [0.05, 0.1) is 17.9 Å². The van der Waals surface area contributed by atoms with Crippen LogP contribution in [0.15, 0.2) is 24.3 Å². The number of rotatable bonds is 1. The molecule has 3 rings (SSSR count). The molecule has 1 aliphatic heterocycles. The molecule has 2 N–H and O–H groups in total. The lowest BCUT2D eigenvalue weighted by molar-refractivity contribution is 0.129. The number of anilines is 2. The van der Waals surface area contributed by atoms with E-state index in [-0.39, 0.29) is 11.7 Å². The van der Waals surface area contributed by atoms with Crippen molar-refractivity contribution in [1.82, 2.24) is 0 Å². The lowest BCUT2D eigenvalue weighted by Gasteiger charge is -2.14. The summed E-state index contributed by atoms with van der Waals surface area (Å²) in [4.78, 5) is 13.3.